The number of nitrogens with two attached hydrogens (primary N) is 1. The number of hydrogen-bond donors (Lipinski definition) is 1. The molecule has 2 N–H and O–H groups in total. The van der Waals surface area contributed by atoms with E-state index in [9.17, 15) is 18.0 Å². The van der Waals surface area contributed by atoms with Gasteiger partial charge in [-0.1, -0.05) is 0 Å². The molecule has 0 fully saturated rings. The van der Waals surface area contributed by atoms with E-state index in [2.05, 4.69) is 10.2 Å². The maximum atomic E-state index is 11.7. The van der Waals surface area contributed by atoms with E-state index in [-0.39, 0.29) is 28.7 Å². The van der Waals surface area contributed by atoms with Gasteiger partial charge in [-0.05, 0) is 55.4 Å². The van der Waals surface area contributed by atoms with Crippen molar-refractivity contribution in [2.75, 3.05) is 13.2 Å². The van der Waals surface area contributed by atoms with Gasteiger partial charge in [-0.2, -0.15) is 10.2 Å². The molecule has 180 valence electrons. The van der Waals surface area contributed by atoms with Gasteiger partial charge in [0, 0.05) is 6.20 Å². The van der Waals surface area contributed by atoms with Gasteiger partial charge in [0.05, 0.1) is 42.2 Å². The Morgan fingerprint density at radius 2 is 1.47 bits per heavy atom. The second kappa shape index (κ2) is 10.3. The Balaban J connectivity index is 0.000000330. The molecule has 0 atom stereocenters. The second-order valence-electron chi connectivity index (χ2n) is 8.78. The van der Waals surface area contributed by atoms with Gasteiger partial charge in [0.1, 0.15) is 5.56 Å². The fourth-order valence-corrected chi connectivity index (χ4v) is 3.45. The average molecular weight is 472 g/mol. The molecule has 2 rings (SSSR count). The van der Waals surface area contributed by atoms with E-state index >= 15 is 0 Å². The maximum absolute atomic E-state index is 11.7. The first-order chi connectivity index (χ1) is 14.5. The lowest BCUT2D eigenvalue weighted by Gasteiger charge is -2.21. The molecule has 2 heterocycles. The molecule has 0 aromatic carbocycles. The number of sulfonamides is 1. The van der Waals surface area contributed by atoms with Crippen molar-refractivity contribution in [3.05, 3.63) is 29.7 Å². The minimum atomic E-state index is -4.07. The highest BCUT2D eigenvalue weighted by Gasteiger charge is 2.31. The van der Waals surface area contributed by atoms with Gasteiger partial charge < -0.3 is 9.47 Å². The van der Waals surface area contributed by atoms with Crippen molar-refractivity contribution < 1.29 is 27.5 Å². The number of aromatic nitrogens is 4. The highest BCUT2D eigenvalue weighted by Crippen LogP contribution is 2.23. The number of rotatable bonds is 5. The van der Waals surface area contributed by atoms with Crippen LogP contribution in [0.15, 0.2) is 23.6 Å². The number of hydrogen-bond acceptors (Lipinski definition) is 8. The lowest BCUT2D eigenvalue weighted by molar-refractivity contribution is 0.0513. The summed E-state index contributed by atoms with van der Waals surface area (Å²) in [6, 6.07) is 0. The molecule has 0 spiro atoms. The summed E-state index contributed by atoms with van der Waals surface area (Å²) in [4.78, 5) is 23.0. The summed E-state index contributed by atoms with van der Waals surface area (Å²) in [6.07, 6.45) is 4.39. The van der Waals surface area contributed by atoms with Crippen molar-refractivity contribution in [2.45, 2.75) is 71.5 Å². The van der Waals surface area contributed by atoms with Gasteiger partial charge in [-0.25, -0.2) is 27.8 Å². The molecule has 11 nitrogen and oxygen atoms in total. The molecule has 2 aromatic heterocycles. The molecule has 0 aliphatic heterocycles. The third kappa shape index (κ3) is 7.16. The summed E-state index contributed by atoms with van der Waals surface area (Å²) in [5.74, 6) is -1.07. The highest BCUT2D eigenvalue weighted by molar-refractivity contribution is 7.89. The number of nitrogens with zero attached hydrogens (tertiary/aromatic N) is 4. The Kier molecular flexibility index (Phi) is 8.75. The topological polar surface area (TPSA) is 148 Å². The Hall–Kier alpha value is -2.73. The molecule has 0 saturated carbocycles. The van der Waals surface area contributed by atoms with Crippen LogP contribution in [0.2, 0.25) is 0 Å². The maximum Gasteiger partial charge on any atom is 0.342 e. The van der Waals surface area contributed by atoms with Crippen LogP contribution < -0.4 is 5.14 Å². The first kappa shape index (κ1) is 27.3. The van der Waals surface area contributed by atoms with E-state index in [1.54, 1.807) is 45.5 Å². The van der Waals surface area contributed by atoms with Crippen molar-refractivity contribution in [1.29, 1.82) is 0 Å². The Labute approximate surface area is 188 Å². The van der Waals surface area contributed by atoms with E-state index in [1.807, 2.05) is 20.8 Å². The number of ether oxygens (including phenoxy) is 2. The molecule has 0 unspecified atom stereocenters. The molecule has 0 bridgehead atoms. The van der Waals surface area contributed by atoms with Crippen LogP contribution in [0, 0.1) is 0 Å². The quantitative estimate of drug-likeness (QED) is 0.653. The largest absolute Gasteiger partial charge is 0.462 e. The lowest BCUT2D eigenvalue weighted by atomic mass is 10.1. The zero-order valence-electron chi connectivity index (χ0n) is 19.9. The fraction of sp³-hybridized carbons (Fsp3) is 0.600. The van der Waals surface area contributed by atoms with Crippen LogP contribution in [0.3, 0.4) is 0 Å². The molecule has 0 amide bonds. The Morgan fingerprint density at radius 3 is 1.88 bits per heavy atom. The summed E-state index contributed by atoms with van der Waals surface area (Å²) in [6.45, 7) is 15.3. The first-order valence-electron chi connectivity index (χ1n) is 10.0. The Morgan fingerprint density at radius 1 is 0.938 bits per heavy atom. The molecular weight excluding hydrogens is 438 g/mol. The van der Waals surface area contributed by atoms with Gasteiger partial charge in [-0.15, -0.1) is 0 Å². The zero-order valence-corrected chi connectivity index (χ0v) is 20.7. The van der Waals surface area contributed by atoms with Crippen LogP contribution in [0.5, 0.6) is 0 Å². The zero-order chi connectivity index (χ0) is 24.9. The summed E-state index contributed by atoms with van der Waals surface area (Å²) in [7, 11) is -4.07. The van der Waals surface area contributed by atoms with Crippen LogP contribution in [0.1, 0.15) is 76.1 Å². The number of primary sulfonamides is 1. The molecule has 2 aromatic rings. The summed E-state index contributed by atoms with van der Waals surface area (Å²) in [5.41, 5.74) is -0.367. The van der Waals surface area contributed by atoms with Gasteiger partial charge >= 0.3 is 11.9 Å². The van der Waals surface area contributed by atoms with E-state index in [0.29, 0.717) is 12.2 Å². The number of carbonyl (C=O) groups excluding carboxylic acids is 2. The minimum Gasteiger partial charge on any atom is -0.462 e. The van der Waals surface area contributed by atoms with Crippen molar-refractivity contribution in [3.8, 4) is 0 Å². The molecule has 32 heavy (non-hydrogen) atoms. The van der Waals surface area contributed by atoms with Crippen LogP contribution in [0.25, 0.3) is 0 Å². The normalized spacial score (nSPS) is 12.0. The fourth-order valence-electron chi connectivity index (χ4n) is 2.45. The van der Waals surface area contributed by atoms with Crippen molar-refractivity contribution in [3.63, 3.8) is 0 Å². The minimum absolute atomic E-state index is 0.106. The monoisotopic (exact) mass is 471 g/mol. The third-order valence-corrected chi connectivity index (χ3v) is 4.84. The predicted molar refractivity (Wildman–Crippen MR) is 118 cm³/mol. The third-order valence-electron chi connectivity index (χ3n) is 3.91. The lowest BCUT2D eigenvalue weighted by Crippen LogP contribution is -2.30. The van der Waals surface area contributed by atoms with E-state index in [4.69, 9.17) is 14.6 Å². The van der Waals surface area contributed by atoms with Crippen molar-refractivity contribution in [1.82, 2.24) is 19.6 Å². The van der Waals surface area contributed by atoms with Gasteiger partial charge in [0.15, 0.2) is 5.03 Å². The average Bonchev–Trinajstić information content (AvgIpc) is 3.29. The molecule has 0 aliphatic carbocycles. The highest BCUT2D eigenvalue weighted by atomic mass is 32.2. The van der Waals surface area contributed by atoms with Gasteiger partial charge in [0.2, 0.25) is 0 Å². The Bertz CT molecular complexity index is 1040. The van der Waals surface area contributed by atoms with Crippen molar-refractivity contribution >= 4 is 22.0 Å². The SMILES string of the molecule is CCOC(=O)c1cnn(C(C)(C)C)c1.CCOC(=O)c1cnn(C(C)(C)C)c1S(N)(=O)=O. The number of esters is 2. The van der Waals surface area contributed by atoms with Crippen molar-refractivity contribution in [2.24, 2.45) is 5.14 Å². The summed E-state index contributed by atoms with van der Waals surface area (Å²) >= 11 is 0. The molecule has 12 heteroatoms. The second-order valence-corrected chi connectivity index (χ2v) is 10.3. The summed E-state index contributed by atoms with van der Waals surface area (Å²) in [5, 5.41) is 12.8. The molecular formula is C20H33N5O6S. The van der Waals surface area contributed by atoms with Gasteiger partial charge in [-0.3, -0.25) is 4.68 Å². The molecule has 0 aliphatic rings. The number of carbonyl (C=O) groups is 2. The van der Waals surface area contributed by atoms with E-state index in [0.717, 1.165) is 6.20 Å². The van der Waals surface area contributed by atoms with E-state index < -0.39 is 21.5 Å². The standard InChI is InChI=1S/C10H17N3O4S.C10H16N2O2/c1-5-17-9(14)7-6-12-13(10(2,3)4)8(7)18(11,15)16;1-5-14-9(13)8-6-11-12(7-8)10(2,3)4/h6H,5H2,1-4H3,(H2,11,15,16);6-7H,5H2,1-4H3. The van der Waals surface area contributed by atoms with Crippen LogP contribution in [-0.2, 0) is 30.6 Å². The molecule has 0 radical (unpaired) electrons. The van der Waals surface area contributed by atoms with Gasteiger partial charge in [0.25, 0.3) is 10.0 Å². The van der Waals surface area contributed by atoms with Crippen LogP contribution >= 0.6 is 0 Å². The van der Waals surface area contributed by atoms with Crippen LogP contribution in [0.4, 0.5) is 0 Å². The predicted octanol–water partition coefficient (Wildman–Crippen LogP) is 2.28. The van der Waals surface area contributed by atoms with E-state index in [1.165, 1.54) is 10.9 Å². The molecule has 0 saturated heterocycles. The first-order valence-corrected chi connectivity index (χ1v) is 11.6. The summed E-state index contributed by atoms with van der Waals surface area (Å²) < 4.78 is 35.8. The smallest absolute Gasteiger partial charge is 0.342 e. The van der Waals surface area contributed by atoms with Crippen LogP contribution in [-0.4, -0.2) is 53.1 Å².